The Bertz CT molecular complexity index is 546. The first-order chi connectivity index (χ1) is 10.6. The van der Waals surface area contributed by atoms with E-state index in [9.17, 15) is 4.79 Å². The molecule has 1 aliphatic heterocycles. The summed E-state index contributed by atoms with van der Waals surface area (Å²) in [4.78, 5) is 14.7. The van der Waals surface area contributed by atoms with Crippen molar-refractivity contribution in [2.45, 2.75) is 26.2 Å². The molecule has 0 N–H and O–H groups in total. The molecule has 0 atom stereocenters. The molecule has 0 bridgehead atoms. The van der Waals surface area contributed by atoms with Crippen LogP contribution in [0.2, 0.25) is 0 Å². The maximum absolute atomic E-state index is 12.7. The van der Waals surface area contributed by atoms with E-state index in [0.717, 1.165) is 31.5 Å². The average Bonchev–Trinajstić information content (AvgIpc) is 2.54. The third-order valence-electron chi connectivity index (χ3n) is 4.24. The SMILES string of the molecule is C=CCc1cc(C(=O)N2CCC(C)CC2)cc(OC)c1OC. The minimum absolute atomic E-state index is 0.0677. The molecule has 4 heteroatoms. The van der Waals surface area contributed by atoms with Crippen molar-refractivity contribution in [1.29, 1.82) is 0 Å². The van der Waals surface area contributed by atoms with Gasteiger partial charge in [0.15, 0.2) is 11.5 Å². The van der Waals surface area contributed by atoms with E-state index in [1.807, 2.05) is 11.0 Å². The second kappa shape index (κ2) is 7.34. The topological polar surface area (TPSA) is 38.8 Å². The number of nitrogens with zero attached hydrogens (tertiary/aromatic N) is 1. The van der Waals surface area contributed by atoms with Gasteiger partial charge in [-0.3, -0.25) is 4.79 Å². The number of rotatable bonds is 5. The lowest BCUT2D eigenvalue weighted by atomic mass is 9.98. The molecule has 1 aromatic rings. The highest BCUT2D eigenvalue weighted by Gasteiger charge is 2.23. The van der Waals surface area contributed by atoms with Crippen LogP contribution < -0.4 is 9.47 Å². The summed E-state index contributed by atoms with van der Waals surface area (Å²) in [5.41, 5.74) is 1.58. The van der Waals surface area contributed by atoms with Crippen LogP contribution in [0.1, 0.15) is 35.7 Å². The van der Waals surface area contributed by atoms with E-state index in [1.165, 1.54) is 0 Å². The molecule has 1 aromatic carbocycles. The van der Waals surface area contributed by atoms with Gasteiger partial charge in [-0.25, -0.2) is 0 Å². The van der Waals surface area contributed by atoms with E-state index in [1.54, 1.807) is 26.4 Å². The molecule has 0 unspecified atom stereocenters. The van der Waals surface area contributed by atoms with E-state index in [0.29, 0.717) is 29.4 Å². The lowest BCUT2D eigenvalue weighted by Gasteiger charge is -2.30. The van der Waals surface area contributed by atoms with Crippen LogP contribution >= 0.6 is 0 Å². The van der Waals surface area contributed by atoms with Crippen LogP contribution in [0.4, 0.5) is 0 Å². The molecule has 1 heterocycles. The fourth-order valence-electron chi connectivity index (χ4n) is 2.87. The summed E-state index contributed by atoms with van der Waals surface area (Å²) < 4.78 is 10.8. The number of piperidine rings is 1. The standard InChI is InChI=1S/C18H25NO3/c1-5-6-14-11-15(12-16(21-3)17(14)22-4)18(20)19-9-7-13(2)8-10-19/h5,11-13H,1,6-10H2,2-4H3. The summed E-state index contributed by atoms with van der Waals surface area (Å²) in [5, 5.41) is 0. The van der Waals surface area contributed by atoms with E-state index < -0.39 is 0 Å². The molecule has 0 radical (unpaired) electrons. The van der Waals surface area contributed by atoms with Crippen LogP contribution in [-0.2, 0) is 6.42 Å². The van der Waals surface area contributed by atoms with Gasteiger partial charge in [0.05, 0.1) is 14.2 Å². The van der Waals surface area contributed by atoms with Gasteiger partial charge in [0.25, 0.3) is 5.91 Å². The largest absolute Gasteiger partial charge is 0.493 e. The van der Waals surface area contributed by atoms with Gasteiger partial charge in [-0.05, 0) is 37.3 Å². The van der Waals surface area contributed by atoms with Crippen molar-refractivity contribution in [3.8, 4) is 11.5 Å². The quantitative estimate of drug-likeness (QED) is 0.783. The molecule has 0 saturated carbocycles. The summed E-state index contributed by atoms with van der Waals surface area (Å²) in [5.74, 6) is 2.03. The smallest absolute Gasteiger partial charge is 0.254 e. The van der Waals surface area contributed by atoms with Crippen molar-refractivity contribution >= 4 is 5.91 Å². The lowest BCUT2D eigenvalue weighted by Crippen LogP contribution is -2.37. The van der Waals surface area contributed by atoms with E-state index in [4.69, 9.17) is 9.47 Å². The molecular weight excluding hydrogens is 278 g/mol. The van der Waals surface area contributed by atoms with Crippen molar-refractivity contribution in [3.63, 3.8) is 0 Å². The lowest BCUT2D eigenvalue weighted by molar-refractivity contribution is 0.0696. The maximum atomic E-state index is 12.7. The molecule has 22 heavy (non-hydrogen) atoms. The number of allylic oxidation sites excluding steroid dienone is 1. The van der Waals surface area contributed by atoms with Crippen LogP contribution in [0.25, 0.3) is 0 Å². The van der Waals surface area contributed by atoms with Crippen LogP contribution in [0.5, 0.6) is 11.5 Å². The zero-order valence-electron chi connectivity index (χ0n) is 13.7. The van der Waals surface area contributed by atoms with Crippen LogP contribution in [-0.4, -0.2) is 38.1 Å². The molecule has 4 nitrogen and oxygen atoms in total. The number of carbonyl (C=O) groups is 1. The number of methoxy groups -OCH3 is 2. The highest BCUT2D eigenvalue weighted by atomic mass is 16.5. The molecule has 120 valence electrons. The fourth-order valence-corrected chi connectivity index (χ4v) is 2.87. The molecule has 1 amide bonds. The van der Waals surface area contributed by atoms with Gasteiger partial charge in [-0.1, -0.05) is 13.0 Å². The first-order valence-corrected chi connectivity index (χ1v) is 7.75. The Morgan fingerprint density at radius 2 is 2.00 bits per heavy atom. The Kier molecular flexibility index (Phi) is 5.47. The van der Waals surface area contributed by atoms with Gasteiger partial charge >= 0.3 is 0 Å². The number of hydrogen-bond donors (Lipinski definition) is 0. The minimum Gasteiger partial charge on any atom is -0.493 e. The van der Waals surface area contributed by atoms with Gasteiger partial charge in [0.2, 0.25) is 0 Å². The van der Waals surface area contributed by atoms with Gasteiger partial charge in [-0.15, -0.1) is 6.58 Å². The van der Waals surface area contributed by atoms with Crippen molar-refractivity contribution in [2.24, 2.45) is 5.92 Å². The maximum Gasteiger partial charge on any atom is 0.254 e. The van der Waals surface area contributed by atoms with E-state index >= 15 is 0 Å². The first-order valence-electron chi connectivity index (χ1n) is 7.75. The Labute approximate surface area is 132 Å². The number of amides is 1. The highest BCUT2D eigenvalue weighted by Crippen LogP contribution is 2.34. The summed E-state index contributed by atoms with van der Waals surface area (Å²) >= 11 is 0. The number of benzene rings is 1. The summed E-state index contributed by atoms with van der Waals surface area (Å²) in [7, 11) is 3.20. The van der Waals surface area contributed by atoms with Gasteiger partial charge in [0.1, 0.15) is 0 Å². The molecule has 0 spiro atoms. The third kappa shape index (κ3) is 3.43. The van der Waals surface area contributed by atoms with Crippen molar-refractivity contribution in [1.82, 2.24) is 4.90 Å². The second-order valence-corrected chi connectivity index (χ2v) is 5.84. The number of ether oxygens (including phenoxy) is 2. The van der Waals surface area contributed by atoms with Crippen molar-refractivity contribution < 1.29 is 14.3 Å². The van der Waals surface area contributed by atoms with E-state index in [-0.39, 0.29) is 5.91 Å². The molecule has 0 aliphatic carbocycles. The Morgan fingerprint density at radius 3 is 2.55 bits per heavy atom. The molecule has 1 aliphatic rings. The monoisotopic (exact) mass is 303 g/mol. The van der Waals surface area contributed by atoms with E-state index in [2.05, 4.69) is 13.5 Å². The molecular formula is C18H25NO3. The zero-order valence-corrected chi connectivity index (χ0v) is 13.7. The average molecular weight is 303 g/mol. The van der Waals surface area contributed by atoms with Gasteiger partial charge in [0, 0.05) is 24.2 Å². The zero-order chi connectivity index (χ0) is 16.1. The minimum atomic E-state index is 0.0677. The number of carbonyl (C=O) groups excluding carboxylic acids is 1. The second-order valence-electron chi connectivity index (χ2n) is 5.84. The Hall–Kier alpha value is -1.97. The molecule has 0 aromatic heterocycles. The number of hydrogen-bond acceptors (Lipinski definition) is 3. The predicted octanol–water partition coefficient (Wildman–Crippen LogP) is 3.30. The van der Waals surface area contributed by atoms with Crippen LogP contribution in [0.3, 0.4) is 0 Å². The van der Waals surface area contributed by atoms with Gasteiger partial charge in [-0.2, -0.15) is 0 Å². The molecule has 1 fully saturated rings. The number of likely N-dealkylation sites (tertiary alicyclic amines) is 1. The van der Waals surface area contributed by atoms with Crippen molar-refractivity contribution in [3.05, 3.63) is 35.9 Å². The highest BCUT2D eigenvalue weighted by molar-refractivity contribution is 5.95. The third-order valence-corrected chi connectivity index (χ3v) is 4.24. The van der Waals surface area contributed by atoms with Crippen LogP contribution in [0.15, 0.2) is 24.8 Å². The summed E-state index contributed by atoms with van der Waals surface area (Å²) in [6.07, 6.45) is 4.57. The molecule has 2 rings (SSSR count). The first kappa shape index (κ1) is 16.4. The fraction of sp³-hybridized carbons (Fsp3) is 0.500. The van der Waals surface area contributed by atoms with Gasteiger partial charge < -0.3 is 14.4 Å². The molecule has 1 saturated heterocycles. The van der Waals surface area contributed by atoms with Crippen LogP contribution in [0, 0.1) is 5.92 Å². The summed E-state index contributed by atoms with van der Waals surface area (Å²) in [6.45, 7) is 7.65. The normalized spacial score (nSPS) is 15.5. The summed E-state index contributed by atoms with van der Waals surface area (Å²) in [6, 6.07) is 3.66. The Balaban J connectivity index is 2.31. The predicted molar refractivity (Wildman–Crippen MR) is 87.7 cm³/mol. The van der Waals surface area contributed by atoms with Crippen molar-refractivity contribution in [2.75, 3.05) is 27.3 Å². The Morgan fingerprint density at radius 1 is 1.32 bits per heavy atom.